The quantitative estimate of drug-likeness (QED) is 0.783. The molecule has 1 atom stereocenters. The zero-order valence-corrected chi connectivity index (χ0v) is 13.6. The fourth-order valence-corrected chi connectivity index (χ4v) is 2.15. The second kappa shape index (κ2) is 7.09. The van der Waals surface area contributed by atoms with E-state index in [9.17, 15) is 4.79 Å². The molecular weight excluding hydrogens is 377 g/mol. The maximum atomic E-state index is 12.2. The van der Waals surface area contributed by atoms with Crippen LogP contribution in [-0.4, -0.2) is 11.9 Å². The molecule has 0 saturated carbocycles. The minimum absolute atomic E-state index is 0.184. The summed E-state index contributed by atoms with van der Waals surface area (Å²) in [6.45, 7) is 1.78. The van der Waals surface area contributed by atoms with Gasteiger partial charge >= 0.3 is 0 Å². The largest absolute Gasteiger partial charge is 0.374 e. The van der Waals surface area contributed by atoms with Gasteiger partial charge in [0.05, 0.1) is 11.3 Å². The van der Waals surface area contributed by atoms with Crippen LogP contribution < -0.4 is 10.6 Å². The Kier molecular flexibility index (Phi) is 5.17. The summed E-state index contributed by atoms with van der Waals surface area (Å²) in [6, 6.07) is 16.4. The van der Waals surface area contributed by atoms with Gasteiger partial charge in [0.25, 0.3) is 0 Å². The molecule has 4 nitrogen and oxygen atoms in total. The number of para-hydroxylation sites is 1. The normalized spacial score (nSPS) is 11.3. The molecule has 0 aliphatic rings. The zero-order chi connectivity index (χ0) is 15.2. The molecule has 21 heavy (non-hydrogen) atoms. The molecule has 1 amide bonds. The summed E-state index contributed by atoms with van der Waals surface area (Å²) in [4.78, 5) is 12.2. The zero-order valence-electron chi connectivity index (χ0n) is 11.4. The van der Waals surface area contributed by atoms with Gasteiger partial charge in [-0.05, 0) is 65.9 Å². The lowest BCUT2D eigenvalue weighted by Gasteiger charge is -2.15. The van der Waals surface area contributed by atoms with Crippen LogP contribution in [0.5, 0.6) is 0 Å². The molecule has 0 bridgehead atoms. The molecule has 0 radical (unpaired) electrons. The van der Waals surface area contributed by atoms with Crippen LogP contribution in [0.1, 0.15) is 12.5 Å². The Morgan fingerprint density at radius 1 is 1.19 bits per heavy atom. The van der Waals surface area contributed by atoms with Crippen LogP contribution in [0.2, 0.25) is 0 Å². The highest BCUT2D eigenvalue weighted by molar-refractivity contribution is 14.1. The lowest BCUT2D eigenvalue weighted by atomic mass is 10.2. The fourth-order valence-electron chi connectivity index (χ4n) is 1.79. The highest BCUT2D eigenvalue weighted by Crippen LogP contribution is 2.15. The van der Waals surface area contributed by atoms with E-state index in [0.717, 1.165) is 9.26 Å². The van der Waals surface area contributed by atoms with Gasteiger partial charge in [0.2, 0.25) is 5.91 Å². The summed E-state index contributed by atoms with van der Waals surface area (Å²) in [7, 11) is 0. The lowest BCUT2D eigenvalue weighted by Crippen LogP contribution is -2.32. The van der Waals surface area contributed by atoms with Gasteiger partial charge < -0.3 is 10.6 Å². The molecule has 0 aliphatic carbocycles. The lowest BCUT2D eigenvalue weighted by molar-refractivity contribution is -0.116. The third-order valence-electron chi connectivity index (χ3n) is 2.93. The van der Waals surface area contributed by atoms with Gasteiger partial charge in [-0.2, -0.15) is 5.26 Å². The number of hydrogen-bond donors (Lipinski definition) is 2. The van der Waals surface area contributed by atoms with Gasteiger partial charge in [-0.3, -0.25) is 4.79 Å². The molecule has 0 heterocycles. The molecule has 0 saturated heterocycles. The minimum Gasteiger partial charge on any atom is -0.374 e. The van der Waals surface area contributed by atoms with Crippen molar-refractivity contribution >= 4 is 39.9 Å². The molecule has 0 unspecified atom stereocenters. The minimum atomic E-state index is -0.406. The smallest absolute Gasteiger partial charge is 0.246 e. The van der Waals surface area contributed by atoms with Gasteiger partial charge in [0, 0.05) is 9.26 Å². The van der Waals surface area contributed by atoms with Crippen LogP contribution in [0.25, 0.3) is 0 Å². The Labute approximate surface area is 137 Å². The number of nitriles is 1. The molecule has 2 aromatic rings. The number of nitrogens with zero attached hydrogens (tertiary/aromatic N) is 1. The van der Waals surface area contributed by atoms with Crippen LogP contribution in [0, 0.1) is 14.9 Å². The molecule has 0 aromatic heterocycles. The number of rotatable bonds is 4. The van der Waals surface area contributed by atoms with E-state index in [-0.39, 0.29) is 5.91 Å². The average Bonchev–Trinajstić information content (AvgIpc) is 2.50. The van der Waals surface area contributed by atoms with Crippen molar-refractivity contribution in [3.05, 3.63) is 57.7 Å². The van der Waals surface area contributed by atoms with Crippen molar-refractivity contribution in [2.24, 2.45) is 0 Å². The number of anilines is 2. The summed E-state index contributed by atoms with van der Waals surface area (Å²) in [5.74, 6) is -0.184. The van der Waals surface area contributed by atoms with Crippen molar-refractivity contribution in [1.82, 2.24) is 0 Å². The van der Waals surface area contributed by atoms with Crippen LogP contribution in [0.4, 0.5) is 11.4 Å². The third kappa shape index (κ3) is 4.20. The number of halogens is 1. The van der Waals surface area contributed by atoms with Gasteiger partial charge in [-0.15, -0.1) is 0 Å². The molecule has 5 heteroatoms. The molecule has 2 rings (SSSR count). The molecule has 2 aromatic carbocycles. The van der Waals surface area contributed by atoms with Crippen LogP contribution in [0.3, 0.4) is 0 Å². The first-order chi connectivity index (χ1) is 10.1. The second-order valence-corrected chi connectivity index (χ2v) is 5.77. The topological polar surface area (TPSA) is 64.9 Å². The predicted molar refractivity (Wildman–Crippen MR) is 92.0 cm³/mol. The number of nitrogens with one attached hydrogen (secondary N) is 2. The van der Waals surface area contributed by atoms with Crippen molar-refractivity contribution in [3.8, 4) is 6.07 Å². The number of carbonyl (C=O) groups is 1. The number of amides is 1. The first-order valence-corrected chi connectivity index (χ1v) is 7.50. The van der Waals surface area contributed by atoms with Gasteiger partial charge in [0.1, 0.15) is 12.1 Å². The van der Waals surface area contributed by atoms with Crippen molar-refractivity contribution in [2.45, 2.75) is 13.0 Å². The highest BCUT2D eigenvalue weighted by atomic mass is 127. The molecule has 0 aliphatic heterocycles. The standard InChI is InChI=1S/C16H14IN3O/c1-11(19-14-8-6-13(17)7-9-14)16(21)20-15-5-3-2-4-12(15)10-18/h2-9,11,19H,1H3,(H,20,21)/t11-/m0/s1. The highest BCUT2D eigenvalue weighted by Gasteiger charge is 2.14. The summed E-state index contributed by atoms with van der Waals surface area (Å²) < 4.78 is 1.14. The Bertz CT molecular complexity index is 677. The number of carbonyl (C=O) groups excluding carboxylic acids is 1. The SMILES string of the molecule is C[C@H](Nc1ccc(I)cc1)C(=O)Nc1ccccc1C#N. The molecular formula is C16H14IN3O. The Balaban J connectivity index is 2.03. The first kappa shape index (κ1) is 15.3. The molecule has 2 N–H and O–H groups in total. The van der Waals surface area contributed by atoms with Gasteiger partial charge in [-0.25, -0.2) is 0 Å². The van der Waals surface area contributed by atoms with E-state index >= 15 is 0 Å². The summed E-state index contributed by atoms with van der Waals surface area (Å²) in [5, 5.41) is 14.9. The van der Waals surface area contributed by atoms with E-state index in [0.29, 0.717) is 11.3 Å². The number of hydrogen-bond acceptors (Lipinski definition) is 3. The first-order valence-electron chi connectivity index (χ1n) is 6.42. The van der Waals surface area contributed by atoms with E-state index in [4.69, 9.17) is 5.26 Å². The molecule has 0 fully saturated rings. The molecule has 106 valence electrons. The van der Waals surface area contributed by atoms with Crippen LogP contribution in [-0.2, 0) is 4.79 Å². The maximum Gasteiger partial charge on any atom is 0.246 e. The van der Waals surface area contributed by atoms with Crippen molar-refractivity contribution in [2.75, 3.05) is 10.6 Å². The van der Waals surface area contributed by atoms with Crippen LogP contribution >= 0.6 is 22.6 Å². The summed E-state index contributed by atoms with van der Waals surface area (Å²) >= 11 is 2.23. The predicted octanol–water partition coefficient (Wildman–Crippen LogP) is 3.60. The average molecular weight is 391 g/mol. The number of benzene rings is 2. The summed E-state index contributed by atoms with van der Waals surface area (Å²) in [5.41, 5.74) is 1.86. The van der Waals surface area contributed by atoms with E-state index in [2.05, 4.69) is 39.3 Å². The van der Waals surface area contributed by atoms with E-state index in [1.165, 1.54) is 0 Å². The van der Waals surface area contributed by atoms with Crippen LogP contribution in [0.15, 0.2) is 48.5 Å². The fraction of sp³-hybridized carbons (Fsp3) is 0.125. The van der Waals surface area contributed by atoms with Crippen molar-refractivity contribution in [1.29, 1.82) is 5.26 Å². The maximum absolute atomic E-state index is 12.2. The van der Waals surface area contributed by atoms with E-state index in [1.54, 1.807) is 31.2 Å². The van der Waals surface area contributed by atoms with Gasteiger partial charge in [0.15, 0.2) is 0 Å². The Morgan fingerprint density at radius 2 is 1.86 bits per heavy atom. The summed E-state index contributed by atoms with van der Waals surface area (Å²) in [6.07, 6.45) is 0. The molecule has 0 spiro atoms. The second-order valence-electron chi connectivity index (χ2n) is 4.52. The third-order valence-corrected chi connectivity index (χ3v) is 3.65. The Morgan fingerprint density at radius 3 is 2.52 bits per heavy atom. The Hall–Kier alpha value is -2.07. The monoisotopic (exact) mass is 391 g/mol. The van der Waals surface area contributed by atoms with Crippen molar-refractivity contribution < 1.29 is 4.79 Å². The van der Waals surface area contributed by atoms with Gasteiger partial charge in [-0.1, -0.05) is 12.1 Å². The van der Waals surface area contributed by atoms with E-state index in [1.807, 2.05) is 24.3 Å². The van der Waals surface area contributed by atoms with Crippen molar-refractivity contribution in [3.63, 3.8) is 0 Å². The van der Waals surface area contributed by atoms with E-state index < -0.39 is 6.04 Å².